The van der Waals surface area contributed by atoms with Crippen molar-refractivity contribution < 1.29 is 9.53 Å². The van der Waals surface area contributed by atoms with E-state index in [1.54, 1.807) is 0 Å². The number of nitrogens with one attached hydrogen (secondary N) is 1. The van der Waals surface area contributed by atoms with Gasteiger partial charge in [0.1, 0.15) is 5.60 Å². The molecule has 0 aromatic rings. The van der Waals surface area contributed by atoms with Crippen molar-refractivity contribution in [1.29, 1.82) is 0 Å². The van der Waals surface area contributed by atoms with E-state index < -0.39 is 11.7 Å². The standard InChI is InChI=1S/C9H19NO2S2/c1-9(2,3)12-8(11)10-7(6-14)4-5-13/h7,13-14H,4-6H2,1-3H3,(H,10,11)/t7-/m0/s1. The van der Waals surface area contributed by atoms with Gasteiger partial charge in [0.2, 0.25) is 0 Å². The Morgan fingerprint density at radius 1 is 1.43 bits per heavy atom. The number of hydrogen-bond acceptors (Lipinski definition) is 4. The van der Waals surface area contributed by atoms with E-state index in [1.165, 1.54) is 0 Å². The number of thiol groups is 2. The van der Waals surface area contributed by atoms with Gasteiger partial charge in [-0.05, 0) is 32.9 Å². The van der Waals surface area contributed by atoms with Crippen molar-refractivity contribution in [2.24, 2.45) is 0 Å². The third-order valence-electron chi connectivity index (χ3n) is 1.42. The van der Waals surface area contributed by atoms with Gasteiger partial charge in [0.25, 0.3) is 0 Å². The summed E-state index contributed by atoms with van der Waals surface area (Å²) in [6.45, 7) is 5.50. The molecule has 0 bridgehead atoms. The number of carbonyl (C=O) groups excluding carboxylic acids is 1. The fourth-order valence-electron chi connectivity index (χ4n) is 0.839. The molecule has 0 fully saturated rings. The smallest absolute Gasteiger partial charge is 0.407 e. The van der Waals surface area contributed by atoms with E-state index in [0.29, 0.717) is 5.75 Å². The van der Waals surface area contributed by atoms with Crippen LogP contribution in [-0.2, 0) is 4.74 Å². The summed E-state index contributed by atoms with van der Waals surface area (Å²) in [4.78, 5) is 11.3. The molecule has 1 N–H and O–H groups in total. The maximum Gasteiger partial charge on any atom is 0.407 e. The van der Waals surface area contributed by atoms with Crippen LogP contribution in [0.2, 0.25) is 0 Å². The molecule has 84 valence electrons. The number of alkyl carbamates (subject to hydrolysis) is 1. The average Bonchev–Trinajstić information content (AvgIpc) is 2.00. The summed E-state index contributed by atoms with van der Waals surface area (Å²) in [6, 6.07) is 0.0330. The van der Waals surface area contributed by atoms with Crippen molar-refractivity contribution in [3.05, 3.63) is 0 Å². The molecule has 0 radical (unpaired) electrons. The molecule has 0 rings (SSSR count). The monoisotopic (exact) mass is 237 g/mol. The van der Waals surface area contributed by atoms with Crippen molar-refractivity contribution in [1.82, 2.24) is 5.32 Å². The summed E-state index contributed by atoms with van der Waals surface area (Å²) in [6.07, 6.45) is 0.407. The Kier molecular flexibility index (Phi) is 6.44. The lowest BCUT2D eigenvalue weighted by Gasteiger charge is -2.22. The molecule has 14 heavy (non-hydrogen) atoms. The van der Waals surface area contributed by atoms with Crippen LogP contribution in [0.15, 0.2) is 0 Å². The van der Waals surface area contributed by atoms with E-state index in [0.717, 1.165) is 12.2 Å². The molecule has 0 spiro atoms. The molecule has 0 aliphatic heterocycles. The van der Waals surface area contributed by atoms with E-state index in [-0.39, 0.29) is 6.04 Å². The molecule has 0 aliphatic carbocycles. The highest BCUT2D eigenvalue weighted by Crippen LogP contribution is 2.07. The molecule has 0 saturated carbocycles. The summed E-state index contributed by atoms with van der Waals surface area (Å²) >= 11 is 8.23. The number of hydrogen-bond donors (Lipinski definition) is 3. The third kappa shape index (κ3) is 7.38. The minimum Gasteiger partial charge on any atom is -0.444 e. The van der Waals surface area contributed by atoms with Crippen LogP contribution < -0.4 is 5.32 Å². The van der Waals surface area contributed by atoms with E-state index in [9.17, 15) is 4.79 Å². The first-order valence-corrected chi connectivity index (χ1v) is 5.86. The van der Waals surface area contributed by atoms with Gasteiger partial charge in [0, 0.05) is 11.8 Å². The number of amides is 1. The van der Waals surface area contributed by atoms with Crippen molar-refractivity contribution in [3.8, 4) is 0 Å². The molecule has 1 atom stereocenters. The van der Waals surface area contributed by atoms with Gasteiger partial charge < -0.3 is 10.1 Å². The first-order chi connectivity index (χ1) is 6.39. The zero-order valence-corrected chi connectivity index (χ0v) is 10.7. The van der Waals surface area contributed by atoms with Gasteiger partial charge in [0.15, 0.2) is 0 Å². The van der Waals surface area contributed by atoms with Gasteiger partial charge in [-0.3, -0.25) is 0 Å². The summed E-state index contributed by atoms with van der Waals surface area (Å²) in [5, 5.41) is 2.74. The molecular formula is C9H19NO2S2. The van der Waals surface area contributed by atoms with Crippen LogP contribution in [0.1, 0.15) is 27.2 Å². The Morgan fingerprint density at radius 3 is 2.36 bits per heavy atom. The van der Waals surface area contributed by atoms with E-state index in [4.69, 9.17) is 4.74 Å². The maximum absolute atomic E-state index is 11.3. The Labute approximate surface area is 96.8 Å². The number of ether oxygens (including phenoxy) is 1. The van der Waals surface area contributed by atoms with Gasteiger partial charge in [-0.2, -0.15) is 25.3 Å². The molecule has 0 aromatic carbocycles. The first kappa shape index (κ1) is 14.0. The predicted molar refractivity (Wildman–Crippen MR) is 65.5 cm³/mol. The second kappa shape index (κ2) is 6.45. The van der Waals surface area contributed by atoms with Crippen LogP contribution in [-0.4, -0.2) is 29.2 Å². The SMILES string of the molecule is CC(C)(C)OC(=O)N[C@H](CS)CCS. The van der Waals surface area contributed by atoms with E-state index >= 15 is 0 Å². The quantitative estimate of drug-likeness (QED) is 0.655. The van der Waals surface area contributed by atoms with Crippen molar-refractivity contribution >= 4 is 31.4 Å². The van der Waals surface area contributed by atoms with Crippen LogP contribution in [0.5, 0.6) is 0 Å². The van der Waals surface area contributed by atoms with Gasteiger partial charge in [0.05, 0.1) is 0 Å². The Hall–Kier alpha value is -0.0300. The van der Waals surface area contributed by atoms with E-state index in [2.05, 4.69) is 30.6 Å². The molecule has 0 saturated heterocycles. The predicted octanol–water partition coefficient (Wildman–Crippen LogP) is 2.13. The lowest BCUT2D eigenvalue weighted by atomic mass is 10.2. The molecule has 0 aliphatic rings. The minimum atomic E-state index is -0.452. The van der Waals surface area contributed by atoms with Crippen LogP contribution in [0.25, 0.3) is 0 Å². The molecule has 5 heteroatoms. The highest BCUT2D eigenvalue weighted by molar-refractivity contribution is 7.80. The van der Waals surface area contributed by atoms with Crippen LogP contribution >= 0.6 is 25.3 Å². The molecule has 0 unspecified atom stereocenters. The maximum atomic E-state index is 11.3. The summed E-state index contributed by atoms with van der Waals surface area (Å²) in [5.41, 5.74) is -0.452. The lowest BCUT2D eigenvalue weighted by Crippen LogP contribution is -2.40. The zero-order valence-electron chi connectivity index (χ0n) is 8.91. The number of rotatable bonds is 4. The summed E-state index contributed by atoms with van der Waals surface area (Å²) in [5.74, 6) is 1.32. The second-order valence-corrected chi connectivity index (χ2v) is 4.85. The highest BCUT2D eigenvalue weighted by atomic mass is 32.1. The van der Waals surface area contributed by atoms with Gasteiger partial charge in [-0.15, -0.1) is 0 Å². The minimum absolute atomic E-state index is 0.0330. The molecule has 3 nitrogen and oxygen atoms in total. The van der Waals surface area contributed by atoms with Gasteiger partial charge in [-0.25, -0.2) is 4.79 Å². The van der Waals surface area contributed by atoms with Crippen LogP contribution in [0.4, 0.5) is 4.79 Å². The molecule has 1 amide bonds. The van der Waals surface area contributed by atoms with Gasteiger partial charge >= 0.3 is 6.09 Å². The summed E-state index contributed by atoms with van der Waals surface area (Å²) in [7, 11) is 0. The molecule has 0 heterocycles. The normalized spacial score (nSPS) is 13.5. The fraction of sp³-hybridized carbons (Fsp3) is 0.889. The molecule has 0 aromatic heterocycles. The molecular weight excluding hydrogens is 218 g/mol. The number of carbonyl (C=O) groups is 1. The lowest BCUT2D eigenvalue weighted by molar-refractivity contribution is 0.0509. The fourth-order valence-corrected chi connectivity index (χ4v) is 1.42. The largest absolute Gasteiger partial charge is 0.444 e. The van der Waals surface area contributed by atoms with Crippen molar-refractivity contribution in [2.75, 3.05) is 11.5 Å². The first-order valence-electron chi connectivity index (χ1n) is 4.60. The Bertz CT molecular complexity index is 180. The Balaban J connectivity index is 3.91. The van der Waals surface area contributed by atoms with Crippen molar-refractivity contribution in [3.63, 3.8) is 0 Å². The third-order valence-corrected chi connectivity index (χ3v) is 2.12. The van der Waals surface area contributed by atoms with E-state index in [1.807, 2.05) is 20.8 Å². The van der Waals surface area contributed by atoms with Crippen LogP contribution in [0.3, 0.4) is 0 Å². The highest BCUT2D eigenvalue weighted by Gasteiger charge is 2.18. The topological polar surface area (TPSA) is 38.3 Å². The average molecular weight is 237 g/mol. The zero-order chi connectivity index (χ0) is 11.2. The summed E-state index contributed by atoms with van der Waals surface area (Å²) < 4.78 is 5.11. The second-order valence-electron chi connectivity index (χ2n) is 4.04. The van der Waals surface area contributed by atoms with Crippen LogP contribution in [0, 0.1) is 0 Å². The van der Waals surface area contributed by atoms with Crippen molar-refractivity contribution in [2.45, 2.75) is 38.8 Å². The van der Waals surface area contributed by atoms with Gasteiger partial charge in [-0.1, -0.05) is 0 Å². The Morgan fingerprint density at radius 2 is 2.00 bits per heavy atom.